The molecule has 5 nitrogen and oxygen atoms in total. The zero-order chi connectivity index (χ0) is 13.7. The standard InChI is InChI=1S/C14H20N4O/c1-2-18(7-8-19)10-12-9-11-5-3-4-6-13(11)16-14(12)17-15/h3-6,9,19H,2,7-8,10,15H2,1H3,(H,16,17). The summed E-state index contributed by atoms with van der Waals surface area (Å²) >= 11 is 0. The lowest BCUT2D eigenvalue weighted by atomic mass is 10.1. The number of aliphatic hydroxyl groups excluding tert-OH is 1. The maximum Gasteiger partial charge on any atom is 0.145 e. The molecule has 2 aromatic rings. The lowest BCUT2D eigenvalue weighted by Gasteiger charge is -2.20. The van der Waals surface area contributed by atoms with Crippen molar-refractivity contribution in [1.29, 1.82) is 0 Å². The van der Waals surface area contributed by atoms with E-state index < -0.39 is 0 Å². The van der Waals surface area contributed by atoms with Crippen molar-refractivity contribution >= 4 is 16.7 Å². The summed E-state index contributed by atoms with van der Waals surface area (Å²) in [6, 6.07) is 10.0. The second-order valence-corrected chi connectivity index (χ2v) is 4.43. The first-order chi connectivity index (χ1) is 9.28. The SMILES string of the molecule is CCN(CCO)Cc1cc2ccccc2nc1NN. The maximum atomic E-state index is 9.05. The van der Waals surface area contributed by atoms with Crippen molar-refractivity contribution in [1.82, 2.24) is 9.88 Å². The summed E-state index contributed by atoms with van der Waals surface area (Å²) in [5.41, 5.74) is 4.62. The van der Waals surface area contributed by atoms with Gasteiger partial charge in [-0.15, -0.1) is 0 Å². The van der Waals surface area contributed by atoms with E-state index in [0.29, 0.717) is 18.9 Å². The molecule has 4 N–H and O–H groups in total. The number of aromatic nitrogens is 1. The molecule has 1 aromatic carbocycles. The molecule has 0 saturated carbocycles. The van der Waals surface area contributed by atoms with Gasteiger partial charge in [0, 0.05) is 24.0 Å². The molecule has 0 radical (unpaired) electrons. The number of fused-ring (bicyclic) bond motifs is 1. The number of aliphatic hydroxyl groups is 1. The first-order valence-electron chi connectivity index (χ1n) is 6.47. The highest BCUT2D eigenvalue weighted by atomic mass is 16.3. The van der Waals surface area contributed by atoms with E-state index >= 15 is 0 Å². The molecule has 0 aliphatic carbocycles. The lowest BCUT2D eigenvalue weighted by molar-refractivity contribution is 0.197. The first kappa shape index (κ1) is 13.7. The average Bonchev–Trinajstić information content (AvgIpc) is 2.46. The van der Waals surface area contributed by atoms with Crippen molar-refractivity contribution in [2.75, 3.05) is 25.1 Å². The molecule has 0 atom stereocenters. The van der Waals surface area contributed by atoms with Gasteiger partial charge in [-0.25, -0.2) is 10.8 Å². The predicted molar refractivity (Wildman–Crippen MR) is 77.6 cm³/mol. The van der Waals surface area contributed by atoms with Gasteiger partial charge in [-0.2, -0.15) is 0 Å². The summed E-state index contributed by atoms with van der Waals surface area (Å²) in [4.78, 5) is 6.66. The molecule has 0 spiro atoms. The van der Waals surface area contributed by atoms with Gasteiger partial charge in [0.05, 0.1) is 12.1 Å². The van der Waals surface area contributed by atoms with Crippen molar-refractivity contribution in [3.63, 3.8) is 0 Å². The highest BCUT2D eigenvalue weighted by Gasteiger charge is 2.09. The van der Waals surface area contributed by atoms with E-state index in [1.165, 1.54) is 0 Å². The van der Waals surface area contributed by atoms with Crippen LogP contribution in [-0.2, 0) is 6.54 Å². The largest absolute Gasteiger partial charge is 0.395 e. The van der Waals surface area contributed by atoms with Crippen LogP contribution in [0.25, 0.3) is 10.9 Å². The van der Waals surface area contributed by atoms with Gasteiger partial charge >= 0.3 is 0 Å². The Morgan fingerprint density at radius 3 is 2.84 bits per heavy atom. The van der Waals surface area contributed by atoms with Crippen molar-refractivity contribution in [2.24, 2.45) is 5.84 Å². The van der Waals surface area contributed by atoms with Gasteiger partial charge in [-0.1, -0.05) is 25.1 Å². The number of nitrogens with zero attached hydrogens (tertiary/aromatic N) is 2. The zero-order valence-corrected chi connectivity index (χ0v) is 11.1. The van der Waals surface area contributed by atoms with E-state index in [1.54, 1.807) is 0 Å². The summed E-state index contributed by atoms with van der Waals surface area (Å²) in [5, 5.41) is 10.1. The predicted octanol–water partition coefficient (Wildman–Crippen LogP) is 1.33. The number of hydrazine groups is 1. The molecule has 1 heterocycles. The number of rotatable bonds is 6. The topological polar surface area (TPSA) is 74.4 Å². The number of hydrogen-bond donors (Lipinski definition) is 3. The fourth-order valence-electron chi connectivity index (χ4n) is 2.14. The van der Waals surface area contributed by atoms with Crippen molar-refractivity contribution in [2.45, 2.75) is 13.5 Å². The van der Waals surface area contributed by atoms with E-state index in [-0.39, 0.29) is 6.61 Å². The number of benzene rings is 1. The van der Waals surface area contributed by atoms with Crippen molar-refractivity contribution < 1.29 is 5.11 Å². The maximum absolute atomic E-state index is 9.05. The van der Waals surface area contributed by atoms with Gasteiger partial charge in [0.1, 0.15) is 5.82 Å². The Balaban J connectivity index is 2.34. The number of nitrogens with one attached hydrogen (secondary N) is 1. The summed E-state index contributed by atoms with van der Waals surface area (Å²) in [5.74, 6) is 6.24. The first-order valence-corrected chi connectivity index (χ1v) is 6.47. The summed E-state index contributed by atoms with van der Waals surface area (Å²) in [6.07, 6.45) is 0. The number of nitrogens with two attached hydrogens (primary N) is 1. The highest BCUT2D eigenvalue weighted by molar-refractivity contribution is 5.81. The molecule has 19 heavy (non-hydrogen) atoms. The number of pyridine rings is 1. The number of nitrogen functional groups attached to an aromatic ring is 1. The molecule has 102 valence electrons. The molecule has 2 rings (SSSR count). The average molecular weight is 260 g/mol. The van der Waals surface area contributed by atoms with E-state index in [0.717, 1.165) is 23.0 Å². The Hall–Kier alpha value is -1.69. The van der Waals surface area contributed by atoms with E-state index in [4.69, 9.17) is 10.9 Å². The smallest absolute Gasteiger partial charge is 0.145 e. The molecule has 0 aliphatic rings. The zero-order valence-electron chi connectivity index (χ0n) is 11.1. The molecular formula is C14H20N4O. The van der Waals surface area contributed by atoms with Crippen LogP contribution in [0.4, 0.5) is 5.82 Å². The summed E-state index contributed by atoms with van der Waals surface area (Å²) in [6.45, 7) is 4.46. The third kappa shape index (κ3) is 3.20. The molecule has 5 heteroatoms. The van der Waals surface area contributed by atoms with Crippen LogP contribution in [0.1, 0.15) is 12.5 Å². The number of likely N-dealkylation sites (N-methyl/N-ethyl adjacent to an activating group) is 1. The summed E-state index contributed by atoms with van der Waals surface area (Å²) < 4.78 is 0. The number of hydrogen-bond acceptors (Lipinski definition) is 5. The third-order valence-corrected chi connectivity index (χ3v) is 3.20. The molecule has 0 aliphatic heterocycles. The molecule has 0 bridgehead atoms. The molecule has 0 amide bonds. The third-order valence-electron chi connectivity index (χ3n) is 3.20. The van der Waals surface area contributed by atoms with Gasteiger partial charge in [0.2, 0.25) is 0 Å². The van der Waals surface area contributed by atoms with Gasteiger partial charge < -0.3 is 10.5 Å². The van der Waals surface area contributed by atoms with Gasteiger partial charge in [0.25, 0.3) is 0 Å². The van der Waals surface area contributed by atoms with Crippen LogP contribution in [0, 0.1) is 0 Å². The Labute approximate surface area is 113 Å². The second-order valence-electron chi connectivity index (χ2n) is 4.43. The fraction of sp³-hybridized carbons (Fsp3) is 0.357. The van der Waals surface area contributed by atoms with E-state index in [1.807, 2.05) is 24.3 Å². The molecular weight excluding hydrogens is 240 g/mol. The van der Waals surface area contributed by atoms with Gasteiger partial charge in [-0.05, 0) is 18.7 Å². The number of para-hydroxylation sites is 1. The Kier molecular flexibility index (Phi) is 4.68. The highest BCUT2D eigenvalue weighted by Crippen LogP contribution is 2.21. The Bertz CT molecular complexity index is 544. The normalized spacial score (nSPS) is 11.2. The fourth-order valence-corrected chi connectivity index (χ4v) is 2.14. The molecule has 1 aromatic heterocycles. The van der Waals surface area contributed by atoms with Gasteiger partial charge in [0.15, 0.2) is 0 Å². The Morgan fingerprint density at radius 2 is 2.16 bits per heavy atom. The quantitative estimate of drug-likeness (QED) is 0.540. The van der Waals surface area contributed by atoms with Crippen LogP contribution in [0.15, 0.2) is 30.3 Å². The molecule has 0 saturated heterocycles. The van der Waals surface area contributed by atoms with Crippen molar-refractivity contribution in [3.05, 3.63) is 35.9 Å². The molecule has 0 unspecified atom stereocenters. The van der Waals surface area contributed by atoms with Crippen LogP contribution >= 0.6 is 0 Å². The molecule has 0 fully saturated rings. The Morgan fingerprint density at radius 1 is 1.37 bits per heavy atom. The van der Waals surface area contributed by atoms with Crippen LogP contribution in [0.5, 0.6) is 0 Å². The lowest BCUT2D eigenvalue weighted by Crippen LogP contribution is -2.27. The van der Waals surface area contributed by atoms with Crippen LogP contribution in [0.2, 0.25) is 0 Å². The van der Waals surface area contributed by atoms with Crippen LogP contribution in [0.3, 0.4) is 0 Å². The monoisotopic (exact) mass is 260 g/mol. The minimum Gasteiger partial charge on any atom is -0.395 e. The minimum atomic E-state index is 0.153. The van der Waals surface area contributed by atoms with E-state index in [9.17, 15) is 0 Å². The second kappa shape index (κ2) is 6.47. The van der Waals surface area contributed by atoms with Crippen LogP contribution < -0.4 is 11.3 Å². The number of anilines is 1. The van der Waals surface area contributed by atoms with Gasteiger partial charge in [-0.3, -0.25) is 4.90 Å². The van der Waals surface area contributed by atoms with Crippen LogP contribution in [-0.4, -0.2) is 34.7 Å². The summed E-state index contributed by atoms with van der Waals surface area (Å²) in [7, 11) is 0. The van der Waals surface area contributed by atoms with Crippen molar-refractivity contribution in [3.8, 4) is 0 Å². The minimum absolute atomic E-state index is 0.153. The van der Waals surface area contributed by atoms with E-state index in [2.05, 4.69) is 28.3 Å².